The Bertz CT molecular complexity index is 712. The molecule has 0 fully saturated rings. The lowest BCUT2D eigenvalue weighted by Crippen LogP contribution is -2.00. The molecule has 0 aliphatic heterocycles. The largest absolute Gasteiger partial charge is 0.385 e. The van der Waals surface area contributed by atoms with E-state index in [2.05, 4.69) is 22.5 Å². The average Bonchev–Trinajstić information content (AvgIpc) is 2.69. The Labute approximate surface area is 160 Å². The number of nitrogens with zero attached hydrogens (tertiary/aromatic N) is 3. The van der Waals surface area contributed by atoms with E-state index in [1.807, 2.05) is 24.3 Å². The molecule has 0 unspecified atom stereocenters. The summed E-state index contributed by atoms with van der Waals surface area (Å²) in [6, 6.07) is 13.8. The van der Waals surface area contributed by atoms with Crippen molar-refractivity contribution in [1.29, 1.82) is 0 Å². The number of unbranched alkanes of at least 4 members (excludes halogenated alkanes) is 6. The number of hydrogen-bond donors (Lipinski definition) is 1. The highest BCUT2D eigenvalue weighted by Gasteiger charge is 2.03. The van der Waals surface area contributed by atoms with Gasteiger partial charge in [0.25, 0.3) is 5.69 Å². The molecule has 6 nitrogen and oxygen atoms in total. The lowest BCUT2D eigenvalue weighted by atomic mass is 10.1. The molecule has 1 N–H and O–H groups in total. The van der Waals surface area contributed by atoms with Crippen LogP contribution in [0.15, 0.2) is 58.8 Å². The Morgan fingerprint density at radius 2 is 1.33 bits per heavy atom. The van der Waals surface area contributed by atoms with Gasteiger partial charge in [-0.3, -0.25) is 10.1 Å². The Kier molecular flexibility index (Phi) is 8.96. The third-order valence-electron chi connectivity index (χ3n) is 4.32. The third-order valence-corrected chi connectivity index (χ3v) is 4.32. The van der Waals surface area contributed by atoms with Crippen LogP contribution in [0.5, 0.6) is 0 Å². The zero-order chi connectivity index (χ0) is 19.3. The number of nitro groups is 1. The molecule has 27 heavy (non-hydrogen) atoms. The van der Waals surface area contributed by atoms with Crippen LogP contribution in [0.3, 0.4) is 0 Å². The van der Waals surface area contributed by atoms with Crippen molar-refractivity contribution >= 4 is 22.7 Å². The van der Waals surface area contributed by atoms with Crippen LogP contribution < -0.4 is 5.32 Å². The van der Waals surface area contributed by atoms with Gasteiger partial charge >= 0.3 is 0 Å². The van der Waals surface area contributed by atoms with Gasteiger partial charge in [0.2, 0.25) is 0 Å². The first-order chi connectivity index (χ1) is 13.2. The summed E-state index contributed by atoms with van der Waals surface area (Å²) in [7, 11) is 0. The fourth-order valence-electron chi connectivity index (χ4n) is 2.72. The van der Waals surface area contributed by atoms with Crippen molar-refractivity contribution in [1.82, 2.24) is 0 Å². The van der Waals surface area contributed by atoms with Gasteiger partial charge in [-0.25, -0.2) is 0 Å². The Morgan fingerprint density at radius 1 is 0.815 bits per heavy atom. The summed E-state index contributed by atoms with van der Waals surface area (Å²) in [5.41, 5.74) is 2.46. The summed E-state index contributed by atoms with van der Waals surface area (Å²) < 4.78 is 0. The van der Waals surface area contributed by atoms with Crippen molar-refractivity contribution in [2.24, 2.45) is 10.2 Å². The summed E-state index contributed by atoms with van der Waals surface area (Å²) in [5, 5.41) is 22.3. The maximum Gasteiger partial charge on any atom is 0.269 e. The van der Waals surface area contributed by atoms with Gasteiger partial charge in [0, 0.05) is 24.4 Å². The zero-order valence-electron chi connectivity index (χ0n) is 15.9. The van der Waals surface area contributed by atoms with Crippen molar-refractivity contribution in [3.05, 3.63) is 58.6 Å². The van der Waals surface area contributed by atoms with E-state index in [1.54, 1.807) is 12.1 Å². The van der Waals surface area contributed by atoms with Crippen LogP contribution in [0.1, 0.15) is 51.9 Å². The number of hydrogen-bond acceptors (Lipinski definition) is 5. The standard InChI is InChI=1S/C21H28N4O2/c1-2-3-4-5-6-7-8-17-22-18-9-11-19(12-10-18)23-24-20-13-15-21(16-14-20)25(26)27/h9-16,22H,2-8,17H2,1H3. The third kappa shape index (κ3) is 7.98. The number of rotatable bonds is 12. The van der Waals surface area contributed by atoms with Gasteiger partial charge in [-0.1, -0.05) is 45.4 Å². The molecule has 2 aromatic rings. The van der Waals surface area contributed by atoms with Crippen molar-refractivity contribution in [3.8, 4) is 0 Å². The smallest absolute Gasteiger partial charge is 0.269 e. The van der Waals surface area contributed by atoms with Crippen molar-refractivity contribution in [2.75, 3.05) is 11.9 Å². The second-order valence-electron chi connectivity index (χ2n) is 6.57. The molecule has 2 rings (SSSR count). The van der Waals surface area contributed by atoms with Gasteiger partial charge in [-0.15, -0.1) is 0 Å². The molecule has 0 saturated carbocycles. The second-order valence-corrected chi connectivity index (χ2v) is 6.57. The van der Waals surface area contributed by atoms with E-state index < -0.39 is 4.92 Å². The quantitative estimate of drug-likeness (QED) is 0.186. The first kappa shape index (κ1) is 20.6. The van der Waals surface area contributed by atoms with Gasteiger partial charge in [0.1, 0.15) is 0 Å². The van der Waals surface area contributed by atoms with E-state index in [0.717, 1.165) is 17.9 Å². The van der Waals surface area contributed by atoms with Gasteiger partial charge in [-0.2, -0.15) is 10.2 Å². The Balaban J connectivity index is 1.70. The highest BCUT2D eigenvalue weighted by molar-refractivity contribution is 5.51. The van der Waals surface area contributed by atoms with Gasteiger partial charge in [-0.05, 0) is 42.8 Å². The first-order valence-electron chi connectivity index (χ1n) is 9.69. The molecule has 0 aromatic heterocycles. The number of non-ortho nitro benzene ring substituents is 1. The van der Waals surface area contributed by atoms with Crippen molar-refractivity contribution in [3.63, 3.8) is 0 Å². The number of nitro benzene ring substituents is 1. The molecule has 0 bridgehead atoms. The fourth-order valence-corrected chi connectivity index (χ4v) is 2.72. The molecule has 0 atom stereocenters. The maximum atomic E-state index is 10.6. The van der Waals surface area contributed by atoms with Crippen molar-refractivity contribution < 1.29 is 4.92 Å². The fraction of sp³-hybridized carbons (Fsp3) is 0.429. The topological polar surface area (TPSA) is 79.9 Å². The van der Waals surface area contributed by atoms with E-state index in [4.69, 9.17) is 0 Å². The van der Waals surface area contributed by atoms with Crippen molar-refractivity contribution in [2.45, 2.75) is 51.9 Å². The van der Waals surface area contributed by atoms with Crippen LogP contribution in [0.2, 0.25) is 0 Å². The van der Waals surface area contributed by atoms with Gasteiger partial charge in [0.15, 0.2) is 0 Å². The summed E-state index contributed by atoms with van der Waals surface area (Å²) in [4.78, 5) is 10.2. The van der Waals surface area contributed by atoms with E-state index in [1.165, 1.54) is 57.1 Å². The molecular formula is C21H28N4O2. The molecule has 0 spiro atoms. The molecule has 0 radical (unpaired) electrons. The van der Waals surface area contributed by atoms with Crippen LogP contribution >= 0.6 is 0 Å². The Hall–Kier alpha value is -2.76. The predicted octanol–water partition coefficient (Wildman–Crippen LogP) is 7.17. The lowest BCUT2D eigenvalue weighted by Gasteiger charge is -2.06. The molecule has 2 aromatic carbocycles. The number of benzene rings is 2. The normalized spacial score (nSPS) is 11.0. The molecule has 0 aliphatic carbocycles. The number of azo groups is 1. The maximum absolute atomic E-state index is 10.6. The predicted molar refractivity (Wildman–Crippen MR) is 110 cm³/mol. The van der Waals surface area contributed by atoms with E-state index in [9.17, 15) is 10.1 Å². The molecule has 0 heterocycles. The van der Waals surface area contributed by atoms with Gasteiger partial charge < -0.3 is 5.32 Å². The average molecular weight is 368 g/mol. The minimum Gasteiger partial charge on any atom is -0.385 e. The first-order valence-corrected chi connectivity index (χ1v) is 9.69. The van der Waals surface area contributed by atoms with Crippen LogP contribution in [-0.2, 0) is 0 Å². The van der Waals surface area contributed by atoms with E-state index in [-0.39, 0.29) is 5.69 Å². The van der Waals surface area contributed by atoms with Crippen LogP contribution in [-0.4, -0.2) is 11.5 Å². The zero-order valence-corrected chi connectivity index (χ0v) is 15.9. The number of anilines is 1. The molecular weight excluding hydrogens is 340 g/mol. The van der Waals surface area contributed by atoms with Crippen LogP contribution in [0.4, 0.5) is 22.7 Å². The minimum absolute atomic E-state index is 0.0466. The van der Waals surface area contributed by atoms with Crippen LogP contribution in [0.25, 0.3) is 0 Å². The molecule has 0 saturated heterocycles. The molecule has 0 amide bonds. The van der Waals surface area contributed by atoms with Crippen LogP contribution in [0, 0.1) is 10.1 Å². The van der Waals surface area contributed by atoms with E-state index >= 15 is 0 Å². The second kappa shape index (κ2) is 11.8. The summed E-state index contributed by atoms with van der Waals surface area (Å²) in [6.07, 6.45) is 9.15. The van der Waals surface area contributed by atoms with Gasteiger partial charge in [0.05, 0.1) is 16.3 Å². The van der Waals surface area contributed by atoms with E-state index in [0.29, 0.717) is 5.69 Å². The Morgan fingerprint density at radius 3 is 1.89 bits per heavy atom. The minimum atomic E-state index is -0.431. The number of nitrogens with one attached hydrogen (secondary N) is 1. The molecule has 0 aliphatic rings. The molecule has 6 heteroatoms. The lowest BCUT2D eigenvalue weighted by molar-refractivity contribution is -0.384. The highest BCUT2D eigenvalue weighted by atomic mass is 16.6. The summed E-state index contributed by atoms with van der Waals surface area (Å²) >= 11 is 0. The highest BCUT2D eigenvalue weighted by Crippen LogP contribution is 2.22. The SMILES string of the molecule is CCCCCCCCCNc1ccc(N=Nc2ccc([N+](=O)[O-])cc2)cc1. The molecule has 144 valence electrons. The summed E-state index contributed by atoms with van der Waals surface area (Å²) in [5.74, 6) is 0. The monoisotopic (exact) mass is 368 g/mol. The summed E-state index contributed by atoms with van der Waals surface area (Å²) in [6.45, 7) is 3.23.